The second-order valence-electron chi connectivity index (χ2n) is 6.90. The van der Waals surface area contributed by atoms with Gasteiger partial charge in [-0.3, -0.25) is 4.90 Å². The fraction of sp³-hybridized carbons (Fsp3) is 0.529. The molecule has 2 aliphatic heterocycles. The summed E-state index contributed by atoms with van der Waals surface area (Å²) >= 11 is 0. The van der Waals surface area contributed by atoms with E-state index in [1.165, 1.54) is 5.56 Å². The third-order valence-corrected chi connectivity index (χ3v) is 6.17. The molecule has 2 aliphatic carbocycles. The van der Waals surface area contributed by atoms with Crippen LogP contribution >= 0.6 is 0 Å². The number of phenolic OH excluding ortho intramolecular Hbond substituents is 1. The largest absolute Gasteiger partial charge is 0.504 e. The molecule has 1 aromatic rings. The summed E-state index contributed by atoms with van der Waals surface area (Å²) in [6, 6.07) is 3.87. The Balaban J connectivity index is 1.80. The number of benzene rings is 1. The lowest BCUT2D eigenvalue weighted by Gasteiger charge is -2.56. The lowest BCUT2D eigenvalue weighted by atomic mass is 9.53. The molecule has 0 radical (unpaired) electrons. The van der Waals surface area contributed by atoms with E-state index < -0.39 is 6.10 Å². The van der Waals surface area contributed by atoms with Gasteiger partial charge in [-0.1, -0.05) is 18.2 Å². The summed E-state index contributed by atoms with van der Waals surface area (Å²) in [4.78, 5) is 2.11. The number of hydrogen-bond donors (Lipinski definition) is 3. The summed E-state index contributed by atoms with van der Waals surface area (Å²) in [7, 11) is 0. The highest BCUT2D eigenvalue weighted by Gasteiger charge is 2.64. The Morgan fingerprint density at radius 2 is 2.18 bits per heavy atom. The summed E-state index contributed by atoms with van der Waals surface area (Å²) in [6.07, 6.45) is 4.58. The maximum absolute atomic E-state index is 10.4. The molecule has 3 N–H and O–H groups in total. The number of rotatable bonds is 1. The van der Waals surface area contributed by atoms with Crippen molar-refractivity contribution in [2.75, 3.05) is 13.3 Å². The molecule has 5 atom stereocenters. The van der Waals surface area contributed by atoms with E-state index in [-0.39, 0.29) is 36.0 Å². The molecule has 2 bridgehead atoms. The zero-order chi connectivity index (χ0) is 15.1. The Morgan fingerprint density at radius 3 is 3.00 bits per heavy atom. The molecular formula is C17H19NO4. The molecule has 4 aliphatic rings. The zero-order valence-electron chi connectivity index (χ0n) is 12.1. The zero-order valence-corrected chi connectivity index (χ0v) is 12.1. The van der Waals surface area contributed by atoms with Crippen LogP contribution in [0.1, 0.15) is 17.5 Å². The molecule has 1 saturated heterocycles. The molecule has 0 amide bonds. The molecule has 5 rings (SSSR count). The lowest BCUT2D eigenvalue weighted by molar-refractivity contribution is -0.0712. The van der Waals surface area contributed by atoms with Crippen molar-refractivity contribution in [3.8, 4) is 11.5 Å². The SMILES string of the molecule is OCN1CC[C@@]23c4c5ccc(O)c4O[C@H]2[C@H](O)C=C[C@H]3[C@H]1C5. The van der Waals surface area contributed by atoms with Gasteiger partial charge in [0, 0.05) is 29.5 Å². The van der Waals surface area contributed by atoms with Gasteiger partial charge in [-0.25, -0.2) is 0 Å². The van der Waals surface area contributed by atoms with E-state index in [9.17, 15) is 15.3 Å². The Morgan fingerprint density at radius 1 is 1.32 bits per heavy atom. The van der Waals surface area contributed by atoms with Crippen LogP contribution in [0, 0.1) is 5.92 Å². The summed E-state index contributed by atoms with van der Waals surface area (Å²) in [5.41, 5.74) is 2.00. The first-order chi connectivity index (χ1) is 10.7. The monoisotopic (exact) mass is 301 g/mol. The van der Waals surface area contributed by atoms with Gasteiger partial charge in [0.2, 0.25) is 0 Å². The summed E-state index contributed by atoms with van der Waals surface area (Å²) in [6.45, 7) is 0.839. The van der Waals surface area contributed by atoms with E-state index in [4.69, 9.17) is 4.74 Å². The molecule has 0 unspecified atom stereocenters. The first-order valence-electron chi connectivity index (χ1n) is 7.90. The Bertz CT molecular complexity index is 687. The minimum absolute atomic E-state index is 0.0550. The number of piperidine rings is 1. The van der Waals surface area contributed by atoms with Crippen LogP contribution in [0.15, 0.2) is 24.3 Å². The topological polar surface area (TPSA) is 73.2 Å². The van der Waals surface area contributed by atoms with Gasteiger partial charge < -0.3 is 20.1 Å². The number of ether oxygens (including phenoxy) is 1. The van der Waals surface area contributed by atoms with Gasteiger partial charge in [-0.2, -0.15) is 0 Å². The standard InChI is InChI=1S/C17H19NO4/c19-8-18-6-5-17-10-2-4-13(21)16(17)22-15-12(20)3-1-9(14(15)17)7-11(10)18/h1-4,10-11,13,16,19-21H,5-8H2/t10-,11+,13+,16-,17+/m0/s1. The maximum atomic E-state index is 10.4. The van der Waals surface area contributed by atoms with Gasteiger partial charge in [-0.15, -0.1) is 0 Å². The van der Waals surface area contributed by atoms with Crippen LogP contribution in [-0.4, -0.2) is 51.7 Å². The normalized spacial score (nSPS) is 41.2. The van der Waals surface area contributed by atoms with Crippen molar-refractivity contribution in [2.24, 2.45) is 5.92 Å². The molecule has 5 heteroatoms. The first-order valence-corrected chi connectivity index (χ1v) is 7.90. The Hall–Kier alpha value is -1.56. The molecular weight excluding hydrogens is 282 g/mol. The van der Waals surface area contributed by atoms with Crippen LogP contribution in [0.2, 0.25) is 0 Å². The highest BCUT2D eigenvalue weighted by atomic mass is 16.5. The van der Waals surface area contributed by atoms with Crippen molar-refractivity contribution in [1.29, 1.82) is 0 Å². The second-order valence-corrected chi connectivity index (χ2v) is 6.90. The van der Waals surface area contributed by atoms with Gasteiger partial charge in [-0.05, 0) is 24.5 Å². The minimum atomic E-state index is -0.657. The molecule has 2 heterocycles. The predicted octanol–water partition coefficient (Wildman–Crippen LogP) is 0.518. The summed E-state index contributed by atoms with van der Waals surface area (Å²) < 4.78 is 6.06. The molecule has 22 heavy (non-hydrogen) atoms. The third kappa shape index (κ3) is 1.27. The van der Waals surface area contributed by atoms with E-state index in [0.717, 1.165) is 24.9 Å². The number of aliphatic hydroxyl groups excluding tert-OH is 2. The van der Waals surface area contributed by atoms with Gasteiger partial charge >= 0.3 is 0 Å². The van der Waals surface area contributed by atoms with Gasteiger partial charge in [0.15, 0.2) is 11.5 Å². The number of nitrogens with zero attached hydrogens (tertiary/aromatic N) is 1. The minimum Gasteiger partial charge on any atom is -0.504 e. The van der Waals surface area contributed by atoms with Crippen LogP contribution in [0.3, 0.4) is 0 Å². The maximum Gasteiger partial charge on any atom is 0.165 e. The number of aliphatic hydroxyl groups is 2. The van der Waals surface area contributed by atoms with E-state index in [1.807, 2.05) is 12.1 Å². The van der Waals surface area contributed by atoms with E-state index >= 15 is 0 Å². The second kappa shape index (κ2) is 4.04. The van der Waals surface area contributed by atoms with Crippen LogP contribution in [0.4, 0.5) is 0 Å². The highest BCUT2D eigenvalue weighted by Crippen LogP contribution is 2.62. The summed E-state index contributed by atoms with van der Waals surface area (Å²) in [5.74, 6) is 0.931. The van der Waals surface area contributed by atoms with E-state index in [2.05, 4.69) is 11.0 Å². The molecule has 0 aromatic heterocycles. The van der Waals surface area contributed by atoms with Crippen molar-refractivity contribution >= 4 is 0 Å². The molecule has 5 nitrogen and oxygen atoms in total. The van der Waals surface area contributed by atoms with Crippen molar-refractivity contribution < 1.29 is 20.1 Å². The fourth-order valence-corrected chi connectivity index (χ4v) is 5.31. The van der Waals surface area contributed by atoms with Crippen LogP contribution in [0.5, 0.6) is 11.5 Å². The van der Waals surface area contributed by atoms with Crippen LogP contribution < -0.4 is 4.74 Å². The number of aromatic hydroxyl groups is 1. The third-order valence-electron chi connectivity index (χ3n) is 6.17. The van der Waals surface area contributed by atoms with Crippen molar-refractivity contribution in [2.45, 2.75) is 36.5 Å². The van der Waals surface area contributed by atoms with Crippen molar-refractivity contribution in [3.05, 3.63) is 35.4 Å². The lowest BCUT2D eigenvalue weighted by Crippen LogP contribution is -2.65. The first kappa shape index (κ1) is 12.9. The fourth-order valence-electron chi connectivity index (χ4n) is 5.31. The predicted molar refractivity (Wildman–Crippen MR) is 78.7 cm³/mol. The Labute approximate surface area is 128 Å². The average Bonchev–Trinajstić information content (AvgIpc) is 2.87. The van der Waals surface area contributed by atoms with Crippen LogP contribution in [0.25, 0.3) is 0 Å². The number of phenols is 1. The number of hydrogen-bond acceptors (Lipinski definition) is 5. The number of likely N-dealkylation sites (tertiary alicyclic amines) is 1. The molecule has 1 aromatic carbocycles. The molecule has 1 spiro atoms. The van der Waals surface area contributed by atoms with Gasteiger partial charge in [0.1, 0.15) is 12.2 Å². The van der Waals surface area contributed by atoms with E-state index in [1.54, 1.807) is 6.07 Å². The Kier molecular flexibility index (Phi) is 2.38. The quantitative estimate of drug-likeness (QED) is 0.660. The molecule has 1 fully saturated rings. The van der Waals surface area contributed by atoms with Crippen molar-refractivity contribution in [1.82, 2.24) is 4.90 Å². The van der Waals surface area contributed by atoms with Crippen molar-refractivity contribution in [3.63, 3.8) is 0 Å². The smallest absolute Gasteiger partial charge is 0.165 e. The van der Waals surface area contributed by atoms with Gasteiger partial charge in [0.05, 0.1) is 6.73 Å². The molecule has 0 saturated carbocycles. The molecule has 116 valence electrons. The summed E-state index contributed by atoms with van der Waals surface area (Å²) in [5, 5.41) is 30.4. The van der Waals surface area contributed by atoms with Gasteiger partial charge in [0.25, 0.3) is 0 Å². The van der Waals surface area contributed by atoms with Crippen LogP contribution in [-0.2, 0) is 11.8 Å². The highest BCUT2D eigenvalue weighted by molar-refractivity contribution is 5.61. The average molecular weight is 301 g/mol. The van der Waals surface area contributed by atoms with E-state index in [0.29, 0.717) is 5.75 Å².